The lowest BCUT2D eigenvalue weighted by Gasteiger charge is -2.37. The molecule has 2 heterocycles. The summed E-state index contributed by atoms with van der Waals surface area (Å²) in [5.74, 6) is -0.128. The predicted molar refractivity (Wildman–Crippen MR) is 80.8 cm³/mol. The smallest absolute Gasteiger partial charge is 0.314 e. The Morgan fingerprint density at radius 2 is 1.86 bits per heavy atom. The van der Waals surface area contributed by atoms with Crippen molar-refractivity contribution in [2.24, 2.45) is 5.41 Å². The third-order valence-corrected chi connectivity index (χ3v) is 4.25. The molecule has 1 atom stereocenters. The Bertz CT molecular complexity index is 389. The highest BCUT2D eigenvalue weighted by atomic mass is 16.6. The molecule has 0 aromatic carbocycles. The second-order valence-electron chi connectivity index (χ2n) is 7.33. The number of likely N-dealkylation sites (tertiary alicyclic amines) is 1. The first-order valence-electron chi connectivity index (χ1n) is 8.04. The molecule has 0 bridgehead atoms. The van der Waals surface area contributed by atoms with Crippen LogP contribution in [0.15, 0.2) is 0 Å². The SMILES string of the molecule is CC(C)(C)OC(=O)[C@@]1(CC(=O)N2CCCC2)CCCNC1. The van der Waals surface area contributed by atoms with Crippen LogP contribution < -0.4 is 5.32 Å². The highest BCUT2D eigenvalue weighted by Crippen LogP contribution is 2.34. The summed E-state index contributed by atoms with van der Waals surface area (Å²) >= 11 is 0. The molecule has 0 aromatic heterocycles. The molecule has 120 valence electrons. The van der Waals surface area contributed by atoms with Crippen molar-refractivity contribution in [3.8, 4) is 0 Å². The molecule has 0 radical (unpaired) electrons. The van der Waals surface area contributed by atoms with Crippen LogP contribution >= 0.6 is 0 Å². The number of nitrogens with zero attached hydrogens (tertiary/aromatic N) is 1. The monoisotopic (exact) mass is 296 g/mol. The summed E-state index contributed by atoms with van der Waals surface area (Å²) < 4.78 is 5.59. The average molecular weight is 296 g/mol. The van der Waals surface area contributed by atoms with E-state index in [4.69, 9.17) is 4.74 Å². The Labute approximate surface area is 127 Å². The van der Waals surface area contributed by atoms with Crippen molar-refractivity contribution in [3.63, 3.8) is 0 Å². The molecule has 0 unspecified atom stereocenters. The minimum Gasteiger partial charge on any atom is -0.459 e. The standard InChI is InChI=1S/C16H28N2O3/c1-15(2,3)21-14(20)16(7-6-8-17-12-16)11-13(19)18-9-4-5-10-18/h17H,4-12H2,1-3H3/t16-/m1/s1. The lowest BCUT2D eigenvalue weighted by atomic mass is 9.77. The average Bonchev–Trinajstić information content (AvgIpc) is 2.91. The normalized spacial score (nSPS) is 26.7. The van der Waals surface area contributed by atoms with E-state index >= 15 is 0 Å². The zero-order valence-corrected chi connectivity index (χ0v) is 13.5. The fourth-order valence-corrected chi connectivity index (χ4v) is 3.12. The summed E-state index contributed by atoms with van der Waals surface area (Å²) in [7, 11) is 0. The summed E-state index contributed by atoms with van der Waals surface area (Å²) in [6.45, 7) is 8.72. The molecular formula is C16H28N2O3. The number of nitrogens with one attached hydrogen (secondary N) is 1. The maximum absolute atomic E-state index is 12.7. The van der Waals surface area contributed by atoms with Gasteiger partial charge in [0.15, 0.2) is 0 Å². The fraction of sp³-hybridized carbons (Fsp3) is 0.875. The van der Waals surface area contributed by atoms with E-state index in [-0.39, 0.29) is 18.3 Å². The number of carbonyl (C=O) groups is 2. The van der Waals surface area contributed by atoms with E-state index < -0.39 is 11.0 Å². The molecule has 2 fully saturated rings. The Morgan fingerprint density at radius 3 is 2.38 bits per heavy atom. The number of carbonyl (C=O) groups excluding carboxylic acids is 2. The minimum absolute atomic E-state index is 0.0991. The molecule has 5 heteroatoms. The van der Waals surface area contributed by atoms with Crippen molar-refractivity contribution < 1.29 is 14.3 Å². The molecule has 0 saturated carbocycles. The molecule has 2 rings (SSSR count). The van der Waals surface area contributed by atoms with Crippen LogP contribution in [0.5, 0.6) is 0 Å². The maximum atomic E-state index is 12.7. The molecule has 0 aliphatic carbocycles. The van der Waals surface area contributed by atoms with Crippen molar-refractivity contribution in [1.29, 1.82) is 0 Å². The minimum atomic E-state index is -0.689. The van der Waals surface area contributed by atoms with E-state index in [1.165, 1.54) is 0 Å². The molecule has 0 aromatic rings. The maximum Gasteiger partial charge on any atom is 0.314 e. The molecule has 2 aliphatic heterocycles. The van der Waals surface area contributed by atoms with Crippen LogP contribution in [0.2, 0.25) is 0 Å². The Kier molecular flexibility index (Phi) is 4.91. The van der Waals surface area contributed by atoms with Gasteiger partial charge in [0.05, 0.1) is 5.41 Å². The summed E-state index contributed by atoms with van der Waals surface area (Å²) in [5.41, 5.74) is -1.20. The second-order valence-corrected chi connectivity index (χ2v) is 7.33. The molecule has 2 saturated heterocycles. The van der Waals surface area contributed by atoms with Crippen LogP contribution in [0.3, 0.4) is 0 Å². The first kappa shape index (κ1) is 16.3. The predicted octanol–water partition coefficient (Wildman–Crippen LogP) is 1.71. The second kappa shape index (κ2) is 6.34. The van der Waals surface area contributed by atoms with Gasteiger partial charge in [0, 0.05) is 26.1 Å². The fourth-order valence-electron chi connectivity index (χ4n) is 3.12. The van der Waals surface area contributed by atoms with Gasteiger partial charge in [-0.1, -0.05) is 0 Å². The largest absolute Gasteiger partial charge is 0.459 e. The van der Waals surface area contributed by atoms with Crippen LogP contribution in [0.25, 0.3) is 0 Å². The number of esters is 1. The lowest BCUT2D eigenvalue weighted by Crippen LogP contribution is -2.50. The first-order chi connectivity index (χ1) is 9.82. The van der Waals surface area contributed by atoms with E-state index in [1.807, 2.05) is 25.7 Å². The molecule has 5 nitrogen and oxygen atoms in total. The summed E-state index contributed by atoms with van der Waals surface area (Å²) in [6, 6.07) is 0. The number of rotatable bonds is 3. The van der Waals surface area contributed by atoms with Gasteiger partial charge in [-0.25, -0.2) is 0 Å². The van der Waals surface area contributed by atoms with Gasteiger partial charge in [0.2, 0.25) is 5.91 Å². The van der Waals surface area contributed by atoms with Crippen LogP contribution in [0.1, 0.15) is 52.9 Å². The Balaban J connectivity index is 2.08. The lowest BCUT2D eigenvalue weighted by molar-refractivity contribution is -0.171. The van der Waals surface area contributed by atoms with Crippen molar-refractivity contribution >= 4 is 11.9 Å². The number of amides is 1. The molecule has 1 amide bonds. The van der Waals surface area contributed by atoms with E-state index in [9.17, 15) is 9.59 Å². The zero-order valence-electron chi connectivity index (χ0n) is 13.5. The Hall–Kier alpha value is -1.10. The summed E-state index contributed by atoms with van der Waals surface area (Å²) in [6.07, 6.45) is 4.06. The number of hydrogen-bond donors (Lipinski definition) is 1. The third-order valence-electron chi connectivity index (χ3n) is 4.25. The number of ether oxygens (including phenoxy) is 1. The van der Waals surface area contributed by atoms with Gasteiger partial charge in [0.25, 0.3) is 0 Å². The molecule has 21 heavy (non-hydrogen) atoms. The van der Waals surface area contributed by atoms with Gasteiger partial charge in [-0.3, -0.25) is 9.59 Å². The van der Waals surface area contributed by atoms with Gasteiger partial charge in [-0.2, -0.15) is 0 Å². The third kappa shape index (κ3) is 4.19. The molecule has 2 aliphatic rings. The van der Waals surface area contributed by atoms with Gasteiger partial charge >= 0.3 is 5.97 Å². The topological polar surface area (TPSA) is 58.6 Å². The first-order valence-corrected chi connectivity index (χ1v) is 8.04. The number of hydrogen-bond acceptors (Lipinski definition) is 4. The van der Waals surface area contributed by atoms with Crippen LogP contribution in [0, 0.1) is 5.41 Å². The quantitative estimate of drug-likeness (QED) is 0.806. The van der Waals surface area contributed by atoms with Crippen LogP contribution in [0.4, 0.5) is 0 Å². The highest BCUT2D eigenvalue weighted by molar-refractivity contribution is 5.86. The van der Waals surface area contributed by atoms with Gasteiger partial charge in [-0.15, -0.1) is 0 Å². The molecule has 1 N–H and O–H groups in total. The highest BCUT2D eigenvalue weighted by Gasteiger charge is 2.45. The number of piperidine rings is 1. The molecule has 0 spiro atoms. The van der Waals surface area contributed by atoms with Gasteiger partial charge in [0.1, 0.15) is 5.60 Å². The van der Waals surface area contributed by atoms with E-state index in [0.717, 1.165) is 45.3 Å². The van der Waals surface area contributed by atoms with E-state index in [1.54, 1.807) is 0 Å². The zero-order chi connectivity index (χ0) is 15.5. The van der Waals surface area contributed by atoms with Crippen molar-refractivity contribution in [2.75, 3.05) is 26.2 Å². The van der Waals surface area contributed by atoms with E-state index in [2.05, 4.69) is 5.32 Å². The van der Waals surface area contributed by atoms with Crippen molar-refractivity contribution in [1.82, 2.24) is 10.2 Å². The Morgan fingerprint density at radius 1 is 1.19 bits per heavy atom. The van der Waals surface area contributed by atoms with Gasteiger partial charge in [-0.05, 0) is 53.0 Å². The van der Waals surface area contributed by atoms with Crippen LogP contribution in [-0.2, 0) is 14.3 Å². The summed E-state index contributed by atoms with van der Waals surface area (Å²) in [5, 5.41) is 3.27. The molecular weight excluding hydrogens is 268 g/mol. The van der Waals surface area contributed by atoms with Crippen LogP contribution in [-0.4, -0.2) is 48.6 Å². The van der Waals surface area contributed by atoms with E-state index in [0.29, 0.717) is 6.54 Å². The summed E-state index contributed by atoms with van der Waals surface area (Å²) in [4.78, 5) is 27.0. The van der Waals surface area contributed by atoms with Crippen molar-refractivity contribution in [3.05, 3.63) is 0 Å². The van der Waals surface area contributed by atoms with Crippen molar-refractivity contribution in [2.45, 2.75) is 58.5 Å². The van der Waals surface area contributed by atoms with Gasteiger partial charge < -0.3 is 15.0 Å².